The van der Waals surface area contributed by atoms with Crippen LogP contribution in [-0.4, -0.2) is 0 Å². The minimum atomic E-state index is 0.432. The van der Waals surface area contributed by atoms with Gasteiger partial charge in [0.25, 0.3) is 0 Å². The summed E-state index contributed by atoms with van der Waals surface area (Å²) in [6.45, 7) is 19.0. The highest BCUT2D eigenvalue weighted by Gasteiger charge is 2.38. The molecule has 0 radical (unpaired) electrons. The van der Waals surface area contributed by atoms with Gasteiger partial charge < -0.3 is 0 Å². The predicted molar refractivity (Wildman–Crippen MR) is 66.5 cm³/mol. The molecule has 0 bridgehead atoms. The van der Waals surface area contributed by atoms with Gasteiger partial charge in [-0.15, -0.1) is 0 Å². The van der Waals surface area contributed by atoms with Gasteiger partial charge in [-0.3, -0.25) is 0 Å². The first-order valence-electron chi connectivity index (χ1n) is 6.11. The van der Waals surface area contributed by atoms with Gasteiger partial charge in [0.1, 0.15) is 0 Å². The number of hydrogen-bond acceptors (Lipinski definition) is 0. The van der Waals surface area contributed by atoms with E-state index in [0.29, 0.717) is 10.8 Å². The minimum absolute atomic E-state index is 0.432. The van der Waals surface area contributed by atoms with Crippen LogP contribution >= 0.6 is 0 Å². The average molecular weight is 198 g/mol. The van der Waals surface area contributed by atoms with E-state index in [0.717, 1.165) is 11.8 Å². The molecular weight excluding hydrogens is 168 g/mol. The lowest BCUT2D eigenvalue weighted by Gasteiger charge is -2.45. The Hall–Kier alpha value is 0. The van der Waals surface area contributed by atoms with Gasteiger partial charge in [-0.05, 0) is 29.1 Å². The predicted octanol–water partition coefficient (Wildman–Crippen LogP) is 5.13. The summed E-state index contributed by atoms with van der Waals surface area (Å²) in [7, 11) is 0. The van der Waals surface area contributed by atoms with Gasteiger partial charge >= 0.3 is 0 Å². The van der Waals surface area contributed by atoms with Gasteiger partial charge in [0, 0.05) is 0 Å². The standard InChI is InChI=1S/C14H30/c1-11(2)9-10-13(5,6)14(7,8)12(3)4/h11-12H,9-10H2,1-8H3. The molecule has 14 heavy (non-hydrogen) atoms. The van der Waals surface area contributed by atoms with Crippen molar-refractivity contribution in [2.75, 3.05) is 0 Å². The van der Waals surface area contributed by atoms with Crippen molar-refractivity contribution in [2.24, 2.45) is 22.7 Å². The number of rotatable bonds is 5. The van der Waals surface area contributed by atoms with Crippen LogP contribution in [0.1, 0.15) is 68.2 Å². The van der Waals surface area contributed by atoms with Crippen molar-refractivity contribution in [2.45, 2.75) is 68.2 Å². The van der Waals surface area contributed by atoms with Crippen LogP contribution in [0.5, 0.6) is 0 Å². The SMILES string of the molecule is CC(C)CCC(C)(C)C(C)(C)C(C)C. The molecule has 0 N–H and O–H groups in total. The van der Waals surface area contributed by atoms with Crippen LogP contribution in [0.15, 0.2) is 0 Å². The topological polar surface area (TPSA) is 0 Å². The zero-order chi connectivity index (χ0) is 11.6. The van der Waals surface area contributed by atoms with Gasteiger partial charge in [0.05, 0.1) is 0 Å². The summed E-state index contributed by atoms with van der Waals surface area (Å²) in [6.07, 6.45) is 2.69. The van der Waals surface area contributed by atoms with Gasteiger partial charge in [0.2, 0.25) is 0 Å². The first kappa shape index (κ1) is 14.0. The van der Waals surface area contributed by atoms with E-state index in [2.05, 4.69) is 55.4 Å². The van der Waals surface area contributed by atoms with Gasteiger partial charge in [-0.2, -0.15) is 0 Å². The second-order valence-corrected chi connectivity index (χ2v) is 6.69. The highest BCUT2D eigenvalue weighted by Crippen LogP contribution is 2.47. The Morgan fingerprint density at radius 3 is 1.57 bits per heavy atom. The molecule has 0 amide bonds. The first-order chi connectivity index (χ1) is 6.11. The zero-order valence-electron chi connectivity index (χ0n) is 11.6. The minimum Gasteiger partial charge on any atom is -0.0628 e. The van der Waals surface area contributed by atoms with E-state index in [1.54, 1.807) is 0 Å². The Morgan fingerprint density at radius 2 is 1.29 bits per heavy atom. The molecule has 0 saturated heterocycles. The summed E-state index contributed by atoms with van der Waals surface area (Å²) in [5.74, 6) is 1.59. The molecule has 0 unspecified atom stereocenters. The van der Waals surface area contributed by atoms with Crippen LogP contribution in [0.25, 0.3) is 0 Å². The summed E-state index contributed by atoms with van der Waals surface area (Å²) in [4.78, 5) is 0. The van der Waals surface area contributed by atoms with E-state index >= 15 is 0 Å². The second-order valence-electron chi connectivity index (χ2n) is 6.69. The first-order valence-corrected chi connectivity index (χ1v) is 6.11. The number of hydrogen-bond donors (Lipinski definition) is 0. The summed E-state index contributed by atoms with van der Waals surface area (Å²) in [6, 6.07) is 0. The van der Waals surface area contributed by atoms with Crippen molar-refractivity contribution in [3.63, 3.8) is 0 Å². The van der Waals surface area contributed by atoms with Crippen molar-refractivity contribution in [3.8, 4) is 0 Å². The van der Waals surface area contributed by atoms with E-state index in [-0.39, 0.29) is 0 Å². The Kier molecular flexibility index (Phi) is 4.68. The molecular formula is C14H30. The normalized spacial score (nSPS) is 14.1. The van der Waals surface area contributed by atoms with Crippen LogP contribution in [0.2, 0.25) is 0 Å². The van der Waals surface area contributed by atoms with Crippen molar-refractivity contribution < 1.29 is 0 Å². The Balaban J connectivity index is 4.44. The molecule has 86 valence electrons. The fourth-order valence-electron chi connectivity index (χ4n) is 1.75. The molecule has 0 aromatic rings. The second kappa shape index (κ2) is 4.68. The molecule has 0 rings (SSSR count). The molecule has 0 spiro atoms. The highest BCUT2D eigenvalue weighted by molar-refractivity contribution is 4.88. The third-order valence-corrected chi connectivity index (χ3v) is 4.53. The maximum Gasteiger partial charge on any atom is -0.0280 e. The Labute approximate surface area is 91.5 Å². The maximum atomic E-state index is 2.43. The molecule has 0 atom stereocenters. The quantitative estimate of drug-likeness (QED) is 0.574. The van der Waals surface area contributed by atoms with Crippen molar-refractivity contribution >= 4 is 0 Å². The molecule has 0 nitrogen and oxygen atoms in total. The molecule has 0 heterocycles. The van der Waals surface area contributed by atoms with Crippen LogP contribution in [-0.2, 0) is 0 Å². The van der Waals surface area contributed by atoms with Gasteiger partial charge in [0.15, 0.2) is 0 Å². The van der Waals surface area contributed by atoms with E-state index in [1.165, 1.54) is 12.8 Å². The third kappa shape index (κ3) is 3.29. The van der Waals surface area contributed by atoms with Gasteiger partial charge in [-0.25, -0.2) is 0 Å². The van der Waals surface area contributed by atoms with Crippen LogP contribution in [0, 0.1) is 22.7 Å². The van der Waals surface area contributed by atoms with Crippen LogP contribution in [0.3, 0.4) is 0 Å². The van der Waals surface area contributed by atoms with E-state index < -0.39 is 0 Å². The molecule has 0 aromatic heterocycles. The van der Waals surface area contributed by atoms with E-state index in [9.17, 15) is 0 Å². The lowest BCUT2D eigenvalue weighted by Crippen LogP contribution is -2.37. The van der Waals surface area contributed by atoms with E-state index in [1.807, 2.05) is 0 Å². The molecule has 0 aliphatic heterocycles. The summed E-state index contributed by atoms with van der Waals surface area (Å²) < 4.78 is 0. The Bertz CT molecular complexity index is 161. The molecule has 0 heteroatoms. The average Bonchev–Trinajstić information content (AvgIpc) is 2.00. The lowest BCUT2D eigenvalue weighted by atomic mass is 9.60. The molecule has 0 aliphatic carbocycles. The van der Waals surface area contributed by atoms with Gasteiger partial charge in [-0.1, -0.05) is 61.8 Å². The summed E-state index contributed by atoms with van der Waals surface area (Å²) >= 11 is 0. The fourth-order valence-corrected chi connectivity index (χ4v) is 1.75. The summed E-state index contributed by atoms with van der Waals surface area (Å²) in [5, 5.41) is 0. The van der Waals surface area contributed by atoms with Crippen molar-refractivity contribution in [1.82, 2.24) is 0 Å². The maximum absolute atomic E-state index is 2.43. The van der Waals surface area contributed by atoms with Crippen molar-refractivity contribution in [1.29, 1.82) is 0 Å². The van der Waals surface area contributed by atoms with Crippen LogP contribution < -0.4 is 0 Å². The Morgan fingerprint density at radius 1 is 0.857 bits per heavy atom. The van der Waals surface area contributed by atoms with E-state index in [4.69, 9.17) is 0 Å². The molecule has 0 saturated carbocycles. The monoisotopic (exact) mass is 198 g/mol. The van der Waals surface area contributed by atoms with Crippen molar-refractivity contribution in [3.05, 3.63) is 0 Å². The molecule has 0 aromatic carbocycles. The summed E-state index contributed by atoms with van der Waals surface area (Å²) in [5.41, 5.74) is 0.882. The fraction of sp³-hybridized carbons (Fsp3) is 1.00. The molecule has 0 fully saturated rings. The highest BCUT2D eigenvalue weighted by atomic mass is 14.4. The smallest absolute Gasteiger partial charge is 0.0280 e. The largest absolute Gasteiger partial charge is 0.0628 e. The molecule has 0 aliphatic rings. The zero-order valence-corrected chi connectivity index (χ0v) is 11.6. The lowest BCUT2D eigenvalue weighted by molar-refractivity contribution is 0.0427. The van der Waals surface area contributed by atoms with Crippen LogP contribution in [0.4, 0.5) is 0 Å². The third-order valence-electron chi connectivity index (χ3n) is 4.53.